The Labute approximate surface area is 210 Å². The third kappa shape index (κ3) is 5.59. The van der Waals surface area contributed by atoms with Crippen molar-refractivity contribution in [2.24, 2.45) is 0 Å². The molecule has 33 heavy (non-hydrogen) atoms. The van der Waals surface area contributed by atoms with Gasteiger partial charge in [0.05, 0.1) is 22.1 Å². The summed E-state index contributed by atoms with van der Waals surface area (Å²) >= 11 is 3.15. The summed E-state index contributed by atoms with van der Waals surface area (Å²) in [5, 5.41) is -0.267. The van der Waals surface area contributed by atoms with Crippen molar-refractivity contribution in [1.29, 1.82) is 0 Å². The van der Waals surface area contributed by atoms with E-state index in [4.69, 9.17) is 9.47 Å². The van der Waals surface area contributed by atoms with Gasteiger partial charge in [0.2, 0.25) is 0 Å². The summed E-state index contributed by atoms with van der Waals surface area (Å²) in [4.78, 5) is 27.1. The van der Waals surface area contributed by atoms with Crippen LogP contribution in [0.15, 0.2) is 71.6 Å². The van der Waals surface area contributed by atoms with Gasteiger partial charge in [-0.15, -0.1) is 0 Å². The van der Waals surface area contributed by atoms with Gasteiger partial charge in [0.25, 0.3) is 11.1 Å². The Bertz CT molecular complexity index is 1210. The second-order valence-corrected chi connectivity index (χ2v) is 9.72. The summed E-state index contributed by atoms with van der Waals surface area (Å²) in [6.45, 7) is 2.68. The minimum absolute atomic E-state index is 0.259. The van der Waals surface area contributed by atoms with E-state index in [0.717, 1.165) is 37.6 Å². The van der Waals surface area contributed by atoms with Crippen LogP contribution in [0.2, 0.25) is 0 Å². The molecule has 1 saturated heterocycles. The normalized spacial score (nSPS) is 14.8. The summed E-state index contributed by atoms with van der Waals surface area (Å²) in [5.74, 6) is 0.929. The molecule has 0 saturated carbocycles. The number of halogens is 1. The average Bonchev–Trinajstić information content (AvgIpc) is 3.07. The van der Waals surface area contributed by atoms with Gasteiger partial charge in [-0.1, -0.05) is 60.2 Å². The number of benzene rings is 3. The standard InChI is InChI=1S/C26H22INO4S/c1-17-8-10-18(11-9-17)15-28-25(29)23(33-26(28)30)14-20-12-21(27)24(22(13-20)31-2)32-16-19-6-4-3-5-7-19/h3-14H,15-16H2,1-2H3/b23-14-. The minimum atomic E-state index is -0.288. The van der Waals surface area contributed by atoms with Crippen LogP contribution in [-0.2, 0) is 17.9 Å². The first-order valence-corrected chi connectivity index (χ1v) is 12.2. The molecule has 168 valence electrons. The zero-order valence-corrected chi connectivity index (χ0v) is 21.2. The molecule has 7 heteroatoms. The number of methoxy groups -OCH3 is 1. The van der Waals surface area contributed by atoms with E-state index < -0.39 is 0 Å². The number of ether oxygens (including phenoxy) is 2. The van der Waals surface area contributed by atoms with Crippen molar-refractivity contribution in [3.63, 3.8) is 0 Å². The Hall–Kier alpha value is -2.78. The third-order valence-electron chi connectivity index (χ3n) is 5.11. The topological polar surface area (TPSA) is 55.8 Å². The second kappa shape index (κ2) is 10.4. The number of rotatable bonds is 7. The highest BCUT2D eigenvalue weighted by atomic mass is 127. The lowest BCUT2D eigenvalue weighted by Gasteiger charge is -2.14. The van der Waals surface area contributed by atoms with E-state index >= 15 is 0 Å². The Morgan fingerprint density at radius 2 is 1.73 bits per heavy atom. The highest BCUT2D eigenvalue weighted by Gasteiger charge is 2.35. The lowest BCUT2D eigenvalue weighted by atomic mass is 10.1. The lowest BCUT2D eigenvalue weighted by molar-refractivity contribution is -0.123. The predicted octanol–water partition coefficient (Wildman–Crippen LogP) is 6.42. The van der Waals surface area contributed by atoms with Crippen molar-refractivity contribution in [2.45, 2.75) is 20.1 Å². The van der Waals surface area contributed by atoms with Crippen LogP contribution in [0.3, 0.4) is 0 Å². The van der Waals surface area contributed by atoms with Gasteiger partial charge in [-0.25, -0.2) is 0 Å². The maximum Gasteiger partial charge on any atom is 0.293 e. The van der Waals surface area contributed by atoms with Gasteiger partial charge in [0, 0.05) is 0 Å². The zero-order valence-electron chi connectivity index (χ0n) is 18.2. The van der Waals surface area contributed by atoms with Crippen molar-refractivity contribution in [3.05, 3.63) is 97.5 Å². The highest BCUT2D eigenvalue weighted by Crippen LogP contribution is 2.38. The van der Waals surface area contributed by atoms with Crippen LogP contribution in [0.25, 0.3) is 6.08 Å². The number of carbonyl (C=O) groups is 2. The minimum Gasteiger partial charge on any atom is -0.493 e. The maximum atomic E-state index is 12.9. The first kappa shape index (κ1) is 23.4. The first-order chi connectivity index (χ1) is 15.9. The molecule has 0 aromatic heterocycles. The van der Waals surface area contributed by atoms with Crippen LogP contribution in [0.4, 0.5) is 4.79 Å². The third-order valence-corrected chi connectivity index (χ3v) is 6.82. The molecule has 0 unspecified atom stereocenters. The van der Waals surface area contributed by atoms with Crippen molar-refractivity contribution in [1.82, 2.24) is 4.90 Å². The molecular formula is C26H22INO4S. The van der Waals surface area contributed by atoms with E-state index in [9.17, 15) is 9.59 Å². The monoisotopic (exact) mass is 571 g/mol. The van der Waals surface area contributed by atoms with E-state index in [0.29, 0.717) is 23.0 Å². The van der Waals surface area contributed by atoms with E-state index in [1.165, 1.54) is 4.90 Å². The molecule has 0 spiro atoms. The number of hydrogen-bond donors (Lipinski definition) is 0. The number of imide groups is 1. The zero-order chi connectivity index (χ0) is 23.4. The van der Waals surface area contributed by atoms with Gasteiger partial charge in [0.1, 0.15) is 6.61 Å². The fourth-order valence-electron chi connectivity index (χ4n) is 3.36. The van der Waals surface area contributed by atoms with Gasteiger partial charge in [-0.05, 0) is 76.2 Å². The molecule has 1 fully saturated rings. The molecule has 5 nitrogen and oxygen atoms in total. The van der Waals surface area contributed by atoms with Gasteiger partial charge in [0.15, 0.2) is 11.5 Å². The number of nitrogens with zero attached hydrogens (tertiary/aromatic N) is 1. The van der Waals surface area contributed by atoms with Gasteiger partial charge >= 0.3 is 0 Å². The van der Waals surface area contributed by atoms with Crippen LogP contribution in [-0.4, -0.2) is 23.2 Å². The van der Waals surface area contributed by atoms with Crippen LogP contribution >= 0.6 is 34.4 Å². The molecule has 2 amide bonds. The summed E-state index contributed by atoms with van der Waals surface area (Å²) in [7, 11) is 1.58. The summed E-state index contributed by atoms with van der Waals surface area (Å²) < 4.78 is 12.4. The van der Waals surface area contributed by atoms with Crippen LogP contribution in [0.1, 0.15) is 22.3 Å². The molecule has 1 aliphatic heterocycles. The number of carbonyl (C=O) groups excluding carboxylic acids is 2. The fraction of sp³-hybridized carbons (Fsp3) is 0.154. The molecule has 4 rings (SSSR count). The van der Waals surface area contributed by atoms with Gasteiger partial charge in [-0.3, -0.25) is 14.5 Å². The van der Waals surface area contributed by atoms with Crippen molar-refractivity contribution in [2.75, 3.05) is 7.11 Å². The molecule has 0 bridgehead atoms. The molecule has 0 aliphatic carbocycles. The smallest absolute Gasteiger partial charge is 0.293 e. The Kier molecular flexibility index (Phi) is 7.39. The van der Waals surface area contributed by atoms with Gasteiger partial charge < -0.3 is 9.47 Å². The largest absolute Gasteiger partial charge is 0.493 e. The SMILES string of the molecule is COc1cc(/C=C2\SC(=O)N(Cc3ccc(C)cc3)C2=O)cc(I)c1OCc1ccccc1. The van der Waals surface area contributed by atoms with E-state index in [1.807, 2.05) is 73.7 Å². The fourth-order valence-corrected chi connectivity index (χ4v) is 4.98. The van der Waals surface area contributed by atoms with Crippen LogP contribution in [0, 0.1) is 10.5 Å². The quantitative estimate of drug-likeness (QED) is 0.242. The molecule has 3 aromatic rings. The van der Waals surface area contributed by atoms with E-state index in [-0.39, 0.29) is 17.7 Å². The summed E-state index contributed by atoms with van der Waals surface area (Å²) in [6.07, 6.45) is 1.73. The molecule has 0 N–H and O–H groups in total. The predicted molar refractivity (Wildman–Crippen MR) is 139 cm³/mol. The summed E-state index contributed by atoms with van der Waals surface area (Å²) in [5.41, 5.74) is 3.87. The Morgan fingerprint density at radius 3 is 2.42 bits per heavy atom. The van der Waals surface area contributed by atoms with Gasteiger partial charge in [-0.2, -0.15) is 0 Å². The van der Waals surface area contributed by atoms with Crippen molar-refractivity contribution in [3.8, 4) is 11.5 Å². The Morgan fingerprint density at radius 1 is 1.00 bits per heavy atom. The van der Waals surface area contributed by atoms with Crippen molar-refractivity contribution >= 4 is 51.6 Å². The number of amides is 2. The molecule has 3 aromatic carbocycles. The van der Waals surface area contributed by atoms with Crippen LogP contribution in [0.5, 0.6) is 11.5 Å². The highest BCUT2D eigenvalue weighted by molar-refractivity contribution is 14.1. The second-order valence-electron chi connectivity index (χ2n) is 7.56. The molecular weight excluding hydrogens is 549 g/mol. The average molecular weight is 571 g/mol. The lowest BCUT2D eigenvalue weighted by Crippen LogP contribution is -2.27. The number of hydrogen-bond acceptors (Lipinski definition) is 5. The van der Waals surface area contributed by atoms with Crippen LogP contribution < -0.4 is 9.47 Å². The molecule has 1 aliphatic rings. The van der Waals surface area contributed by atoms with E-state index in [1.54, 1.807) is 13.2 Å². The number of thioether (sulfide) groups is 1. The molecule has 1 heterocycles. The number of aryl methyl sites for hydroxylation is 1. The van der Waals surface area contributed by atoms with Crippen molar-refractivity contribution < 1.29 is 19.1 Å². The molecule has 0 radical (unpaired) electrons. The summed E-state index contributed by atoms with van der Waals surface area (Å²) in [6, 6.07) is 21.4. The maximum absolute atomic E-state index is 12.9. The molecule has 0 atom stereocenters. The Balaban J connectivity index is 1.53. The van der Waals surface area contributed by atoms with E-state index in [2.05, 4.69) is 22.6 Å². The first-order valence-electron chi connectivity index (χ1n) is 10.3.